The minimum absolute atomic E-state index is 0.261. The van der Waals surface area contributed by atoms with Crippen molar-refractivity contribution in [2.24, 2.45) is 0 Å². The molecule has 80 valence electrons. The Morgan fingerprint density at radius 2 is 2.00 bits per heavy atom. The van der Waals surface area contributed by atoms with Gasteiger partial charge in [-0.05, 0) is 14.0 Å². The molecule has 0 saturated carbocycles. The maximum absolute atomic E-state index is 10.9. The van der Waals surface area contributed by atoms with Crippen LogP contribution in [-0.2, 0) is 4.74 Å². The standard InChI is InChI=1S/C7H16N2O2.C2H6/c1-4-11-7(10)9(3)6-5-8-2;1-2/h8H,4-6H2,1-3H3;1-2H3. The van der Waals surface area contributed by atoms with Crippen LogP contribution < -0.4 is 5.32 Å². The zero-order chi connectivity index (χ0) is 10.7. The molecule has 0 radical (unpaired) electrons. The summed E-state index contributed by atoms with van der Waals surface area (Å²) in [4.78, 5) is 12.5. The maximum Gasteiger partial charge on any atom is 0.409 e. The average Bonchev–Trinajstić information content (AvgIpc) is 2.17. The molecule has 0 bridgehead atoms. The SMILES string of the molecule is CC.CCOC(=O)N(C)CCNC. The zero-order valence-corrected chi connectivity index (χ0v) is 9.39. The van der Waals surface area contributed by atoms with E-state index in [0.717, 1.165) is 6.54 Å². The minimum Gasteiger partial charge on any atom is -0.450 e. The van der Waals surface area contributed by atoms with Crippen LogP contribution in [0.1, 0.15) is 20.8 Å². The number of amides is 1. The number of rotatable bonds is 4. The zero-order valence-electron chi connectivity index (χ0n) is 9.39. The van der Waals surface area contributed by atoms with E-state index < -0.39 is 0 Å². The normalized spacial score (nSPS) is 8.38. The van der Waals surface area contributed by atoms with E-state index in [9.17, 15) is 4.79 Å². The van der Waals surface area contributed by atoms with E-state index in [1.807, 2.05) is 20.9 Å². The first-order valence-corrected chi connectivity index (χ1v) is 4.74. The lowest BCUT2D eigenvalue weighted by Crippen LogP contribution is -2.33. The molecule has 0 aliphatic heterocycles. The second kappa shape index (κ2) is 11.2. The molecular weight excluding hydrogens is 168 g/mol. The van der Waals surface area contributed by atoms with Crippen LogP contribution in [0.2, 0.25) is 0 Å². The van der Waals surface area contributed by atoms with Crippen LogP contribution in [0, 0.1) is 0 Å². The molecule has 0 saturated heterocycles. The quantitative estimate of drug-likeness (QED) is 0.727. The largest absolute Gasteiger partial charge is 0.450 e. The van der Waals surface area contributed by atoms with Crippen molar-refractivity contribution >= 4 is 6.09 Å². The molecule has 0 rings (SSSR count). The number of nitrogens with one attached hydrogen (secondary N) is 1. The lowest BCUT2D eigenvalue weighted by Gasteiger charge is -2.15. The molecule has 0 aliphatic carbocycles. The molecule has 0 aromatic carbocycles. The minimum atomic E-state index is -0.261. The van der Waals surface area contributed by atoms with Crippen molar-refractivity contribution in [1.82, 2.24) is 10.2 Å². The Kier molecular flexibility index (Phi) is 12.7. The van der Waals surface area contributed by atoms with Crippen molar-refractivity contribution in [3.63, 3.8) is 0 Å². The van der Waals surface area contributed by atoms with Gasteiger partial charge in [-0.25, -0.2) is 4.79 Å². The summed E-state index contributed by atoms with van der Waals surface area (Å²) in [6.45, 7) is 7.69. The molecule has 0 aliphatic rings. The highest BCUT2D eigenvalue weighted by Gasteiger charge is 2.06. The smallest absolute Gasteiger partial charge is 0.409 e. The highest BCUT2D eigenvalue weighted by atomic mass is 16.5. The van der Waals surface area contributed by atoms with E-state index in [2.05, 4.69) is 5.32 Å². The fourth-order valence-corrected chi connectivity index (χ4v) is 0.604. The Hall–Kier alpha value is -0.770. The molecular formula is C9H22N2O2. The summed E-state index contributed by atoms with van der Waals surface area (Å²) in [6.07, 6.45) is -0.261. The first-order chi connectivity index (χ1) is 6.22. The Bertz CT molecular complexity index is 118. The summed E-state index contributed by atoms with van der Waals surface area (Å²) in [5.74, 6) is 0. The van der Waals surface area contributed by atoms with Crippen molar-refractivity contribution in [2.75, 3.05) is 33.8 Å². The highest BCUT2D eigenvalue weighted by Crippen LogP contribution is 1.87. The number of hydrogen-bond acceptors (Lipinski definition) is 3. The molecule has 1 N–H and O–H groups in total. The van der Waals surface area contributed by atoms with Crippen LogP contribution in [0.15, 0.2) is 0 Å². The van der Waals surface area contributed by atoms with Gasteiger partial charge in [-0.3, -0.25) is 0 Å². The summed E-state index contributed by atoms with van der Waals surface area (Å²) in [6, 6.07) is 0. The molecule has 0 spiro atoms. The van der Waals surface area contributed by atoms with Crippen LogP contribution in [0.25, 0.3) is 0 Å². The fourth-order valence-electron chi connectivity index (χ4n) is 0.604. The second-order valence-electron chi connectivity index (χ2n) is 2.22. The van der Waals surface area contributed by atoms with Gasteiger partial charge in [-0.1, -0.05) is 13.8 Å². The van der Waals surface area contributed by atoms with Gasteiger partial charge in [0, 0.05) is 20.1 Å². The van der Waals surface area contributed by atoms with Gasteiger partial charge in [0.05, 0.1) is 6.61 Å². The van der Waals surface area contributed by atoms with Gasteiger partial charge in [0.15, 0.2) is 0 Å². The first kappa shape index (κ1) is 14.7. The Balaban J connectivity index is 0. The first-order valence-electron chi connectivity index (χ1n) is 4.74. The second-order valence-corrected chi connectivity index (χ2v) is 2.22. The summed E-state index contributed by atoms with van der Waals surface area (Å²) in [5.41, 5.74) is 0. The molecule has 0 aromatic heterocycles. The Morgan fingerprint density at radius 1 is 1.46 bits per heavy atom. The molecule has 0 unspecified atom stereocenters. The summed E-state index contributed by atoms with van der Waals surface area (Å²) < 4.78 is 4.76. The van der Waals surface area contributed by atoms with Crippen molar-refractivity contribution in [2.45, 2.75) is 20.8 Å². The summed E-state index contributed by atoms with van der Waals surface area (Å²) in [5, 5.41) is 2.95. The fraction of sp³-hybridized carbons (Fsp3) is 0.889. The number of ether oxygens (including phenoxy) is 1. The molecule has 0 heterocycles. The van der Waals surface area contributed by atoms with Gasteiger partial charge >= 0.3 is 6.09 Å². The van der Waals surface area contributed by atoms with E-state index >= 15 is 0 Å². The third-order valence-electron chi connectivity index (χ3n) is 1.28. The van der Waals surface area contributed by atoms with Gasteiger partial charge in [0.2, 0.25) is 0 Å². The van der Waals surface area contributed by atoms with Crippen molar-refractivity contribution < 1.29 is 9.53 Å². The predicted octanol–water partition coefficient (Wildman–Crippen LogP) is 1.32. The lowest BCUT2D eigenvalue weighted by molar-refractivity contribution is 0.116. The monoisotopic (exact) mass is 190 g/mol. The Morgan fingerprint density at radius 3 is 2.38 bits per heavy atom. The van der Waals surface area contributed by atoms with Gasteiger partial charge in [0.25, 0.3) is 0 Å². The van der Waals surface area contributed by atoms with Crippen LogP contribution in [-0.4, -0.2) is 44.8 Å². The molecule has 13 heavy (non-hydrogen) atoms. The lowest BCUT2D eigenvalue weighted by atomic mass is 10.6. The Labute approximate surface area is 81.2 Å². The highest BCUT2D eigenvalue weighted by molar-refractivity contribution is 5.67. The van der Waals surface area contributed by atoms with E-state index in [4.69, 9.17) is 4.74 Å². The third-order valence-corrected chi connectivity index (χ3v) is 1.28. The average molecular weight is 190 g/mol. The van der Waals surface area contributed by atoms with Crippen LogP contribution >= 0.6 is 0 Å². The molecule has 0 fully saturated rings. The van der Waals surface area contributed by atoms with Gasteiger partial charge < -0.3 is 15.0 Å². The van der Waals surface area contributed by atoms with E-state index in [-0.39, 0.29) is 6.09 Å². The molecule has 0 aromatic rings. The van der Waals surface area contributed by atoms with Crippen molar-refractivity contribution in [1.29, 1.82) is 0 Å². The number of hydrogen-bond donors (Lipinski definition) is 1. The number of carbonyl (C=O) groups excluding carboxylic acids is 1. The number of carbonyl (C=O) groups is 1. The molecule has 4 heteroatoms. The van der Waals surface area contributed by atoms with E-state index in [1.165, 1.54) is 0 Å². The molecule has 0 atom stereocenters. The van der Waals surface area contributed by atoms with Crippen molar-refractivity contribution in [3.05, 3.63) is 0 Å². The predicted molar refractivity (Wildman–Crippen MR) is 54.9 cm³/mol. The van der Waals surface area contributed by atoms with Crippen LogP contribution in [0.5, 0.6) is 0 Å². The van der Waals surface area contributed by atoms with Crippen molar-refractivity contribution in [3.8, 4) is 0 Å². The van der Waals surface area contributed by atoms with Gasteiger partial charge in [-0.2, -0.15) is 0 Å². The molecule has 1 amide bonds. The number of likely N-dealkylation sites (N-methyl/N-ethyl adjacent to an activating group) is 2. The van der Waals surface area contributed by atoms with Crippen LogP contribution in [0.4, 0.5) is 4.79 Å². The maximum atomic E-state index is 10.9. The third kappa shape index (κ3) is 9.14. The number of nitrogens with zero attached hydrogens (tertiary/aromatic N) is 1. The van der Waals surface area contributed by atoms with E-state index in [0.29, 0.717) is 13.2 Å². The summed E-state index contributed by atoms with van der Waals surface area (Å²) >= 11 is 0. The van der Waals surface area contributed by atoms with Gasteiger partial charge in [0.1, 0.15) is 0 Å². The molecule has 4 nitrogen and oxygen atoms in total. The van der Waals surface area contributed by atoms with Gasteiger partial charge in [-0.15, -0.1) is 0 Å². The van der Waals surface area contributed by atoms with E-state index in [1.54, 1.807) is 18.9 Å². The topological polar surface area (TPSA) is 41.6 Å². The van der Waals surface area contributed by atoms with Crippen LogP contribution in [0.3, 0.4) is 0 Å². The summed E-state index contributed by atoms with van der Waals surface area (Å²) in [7, 11) is 3.56.